The highest BCUT2D eigenvalue weighted by atomic mass is 79.9. The van der Waals surface area contributed by atoms with Crippen LogP contribution in [0.2, 0.25) is 0 Å². The lowest BCUT2D eigenvalue weighted by molar-refractivity contribution is 0.223. The van der Waals surface area contributed by atoms with Gasteiger partial charge in [0.1, 0.15) is 0 Å². The Balaban J connectivity index is 2.51. The van der Waals surface area contributed by atoms with Crippen LogP contribution in [-0.4, -0.2) is 24.5 Å². The fraction of sp³-hybridized carbons (Fsp3) is 0.571. The molecule has 0 aromatic heterocycles. The van der Waals surface area contributed by atoms with E-state index < -0.39 is 0 Å². The van der Waals surface area contributed by atoms with Crippen molar-refractivity contribution in [1.82, 2.24) is 4.90 Å². The van der Waals surface area contributed by atoms with Gasteiger partial charge in [0.2, 0.25) is 0 Å². The van der Waals surface area contributed by atoms with E-state index in [0.29, 0.717) is 6.04 Å². The first-order valence-corrected chi connectivity index (χ1v) is 7.11. The Kier molecular flexibility index (Phi) is 6.78. The molecule has 1 atom stereocenters. The van der Waals surface area contributed by atoms with Gasteiger partial charge in [0.15, 0.2) is 0 Å². The molecule has 0 aliphatic rings. The molecule has 2 N–H and O–H groups in total. The highest BCUT2D eigenvalue weighted by molar-refractivity contribution is 9.10. The van der Waals surface area contributed by atoms with Crippen molar-refractivity contribution < 1.29 is 0 Å². The van der Waals surface area contributed by atoms with Crippen molar-refractivity contribution in [1.29, 1.82) is 0 Å². The number of benzene rings is 1. The van der Waals surface area contributed by atoms with Crippen LogP contribution in [0.5, 0.6) is 0 Å². The molecule has 96 valence electrons. The van der Waals surface area contributed by atoms with Gasteiger partial charge in [-0.1, -0.05) is 47.8 Å². The lowest BCUT2D eigenvalue weighted by atomic mass is 10.1. The average Bonchev–Trinajstić information content (AvgIpc) is 2.33. The van der Waals surface area contributed by atoms with Gasteiger partial charge in [-0.15, -0.1) is 0 Å². The molecule has 0 amide bonds. The number of unbranched alkanes of at least 4 members (excludes halogenated alkanes) is 1. The fourth-order valence-corrected chi connectivity index (χ4v) is 2.23. The lowest BCUT2D eigenvalue weighted by Crippen LogP contribution is -2.37. The summed E-state index contributed by atoms with van der Waals surface area (Å²) in [5.41, 5.74) is 7.18. The van der Waals surface area contributed by atoms with Crippen LogP contribution in [0.4, 0.5) is 0 Å². The molecule has 1 aromatic carbocycles. The lowest BCUT2D eigenvalue weighted by Gasteiger charge is -2.27. The van der Waals surface area contributed by atoms with Gasteiger partial charge in [0, 0.05) is 23.6 Å². The molecular weight excluding hydrogens is 276 g/mol. The highest BCUT2D eigenvalue weighted by Gasteiger charge is 2.12. The number of nitrogens with two attached hydrogens (primary N) is 1. The zero-order chi connectivity index (χ0) is 12.7. The predicted molar refractivity (Wildman–Crippen MR) is 78.0 cm³/mol. The van der Waals surface area contributed by atoms with Gasteiger partial charge in [-0.05, 0) is 31.2 Å². The van der Waals surface area contributed by atoms with Crippen molar-refractivity contribution >= 4 is 15.9 Å². The highest BCUT2D eigenvalue weighted by Crippen LogP contribution is 2.14. The van der Waals surface area contributed by atoms with Crippen molar-refractivity contribution in [2.24, 2.45) is 5.73 Å². The van der Waals surface area contributed by atoms with Crippen LogP contribution >= 0.6 is 15.9 Å². The third kappa shape index (κ3) is 5.19. The van der Waals surface area contributed by atoms with E-state index in [0.717, 1.165) is 17.6 Å². The van der Waals surface area contributed by atoms with E-state index in [1.165, 1.54) is 24.8 Å². The van der Waals surface area contributed by atoms with Gasteiger partial charge in [0.05, 0.1) is 0 Å². The Bertz CT molecular complexity index is 311. The maximum absolute atomic E-state index is 5.84. The standard InChI is InChI=1S/C14H23BrN2/c1-3-4-5-14(10-16)17(2)11-12-6-8-13(15)9-7-12/h6-9,14H,3-5,10-11,16H2,1-2H3. The molecule has 1 aromatic rings. The number of hydrogen-bond donors (Lipinski definition) is 1. The van der Waals surface area contributed by atoms with E-state index in [1.807, 2.05) is 0 Å². The molecule has 1 rings (SSSR count). The molecule has 0 aliphatic carbocycles. The number of likely N-dealkylation sites (N-methyl/N-ethyl adjacent to an activating group) is 1. The first-order valence-electron chi connectivity index (χ1n) is 6.32. The summed E-state index contributed by atoms with van der Waals surface area (Å²) < 4.78 is 1.13. The summed E-state index contributed by atoms with van der Waals surface area (Å²) in [5.74, 6) is 0. The third-order valence-corrected chi connectivity index (χ3v) is 3.66. The van der Waals surface area contributed by atoms with Crippen molar-refractivity contribution in [3.63, 3.8) is 0 Å². The smallest absolute Gasteiger partial charge is 0.0234 e. The molecule has 1 unspecified atom stereocenters. The maximum Gasteiger partial charge on any atom is 0.0234 e. The fourth-order valence-electron chi connectivity index (χ4n) is 1.96. The zero-order valence-corrected chi connectivity index (χ0v) is 12.4. The van der Waals surface area contributed by atoms with Crippen molar-refractivity contribution in [2.45, 2.75) is 38.8 Å². The summed E-state index contributed by atoms with van der Waals surface area (Å²) in [7, 11) is 2.16. The molecule has 0 radical (unpaired) electrons. The van der Waals surface area contributed by atoms with Crippen LogP contribution in [-0.2, 0) is 6.54 Å². The Labute approximate surface area is 113 Å². The summed E-state index contributed by atoms with van der Waals surface area (Å²) in [6.45, 7) is 3.94. The minimum absolute atomic E-state index is 0.499. The van der Waals surface area contributed by atoms with Crippen LogP contribution in [0.25, 0.3) is 0 Å². The first kappa shape index (κ1) is 14.7. The van der Waals surface area contributed by atoms with Crippen LogP contribution in [0, 0.1) is 0 Å². The number of halogens is 1. The minimum atomic E-state index is 0.499. The molecule has 0 heterocycles. The van der Waals surface area contributed by atoms with Crippen molar-refractivity contribution in [2.75, 3.05) is 13.6 Å². The Morgan fingerprint density at radius 2 is 1.94 bits per heavy atom. The second-order valence-electron chi connectivity index (χ2n) is 4.57. The number of nitrogens with zero attached hydrogens (tertiary/aromatic N) is 1. The average molecular weight is 299 g/mol. The van der Waals surface area contributed by atoms with Crippen LogP contribution in [0.15, 0.2) is 28.7 Å². The molecule has 0 spiro atoms. The summed E-state index contributed by atoms with van der Waals surface area (Å²) in [6, 6.07) is 9.00. The minimum Gasteiger partial charge on any atom is -0.329 e. The maximum atomic E-state index is 5.84. The molecule has 0 saturated heterocycles. The molecule has 0 bridgehead atoms. The molecule has 2 nitrogen and oxygen atoms in total. The molecule has 0 aliphatic heterocycles. The zero-order valence-electron chi connectivity index (χ0n) is 10.8. The quantitative estimate of drug-likeness (QED) is 0.836. The van der Waals surface area contributed by atoms with Gasteiger partial charge in [0.25, 0.3) is 0 Å². The summed E-state index contributed by atoms with van der Waals surface area (Å²) in [5, 5.41) is 0. The van der Waals surface area contributed by atoms with E-state index in [9.17, 15) is 0 Å². The van der Waals surface area contributed by atoms with E-state index in [1.54, 1.807) is 0 Å². The van der Waals surface area contributed by atoms with Crippen molar-refractivity contribution in [3.05, 3.63) is 34.3 Å². The topological polar surface area (TPSA) is 29.3 Å². The van der Waals surface area contributed by atoms with E-state index in [4.69, 9.17) is 5.73 Å². The molecule has 17 heavy (non-hydrogen) atoms. The Morgan fingerprint density at radius 1 is 1.29 bits per heavy atom. The van der Waals surface area contributed by atoms with E-state index >= 15 is 0 Å². The second kappa shape index (κ2) is 7.85. The van der Waals surface area contributed by atoms with Crippen LogP contribution < -0.4 is 5.73 Å². The second-order valence-corrected chi connectivity index (χ2v) is 5.49. The Hall–Kier alpha value is -0.380. The van der Waals surface area contributed by atoms with Gasteiger partial charge in [-0.25, -0.2) is 0 Å². The molecule has 0 saturated carbocycles. The van der Waals surface area contributed by atoms with Crippen LogP contribution in [0.1, 0.15) is 31.7 Å². The number of rotatable bonds is 7. The third-order valence-electron chi connectivity index (χ3n) is 3.13. The summed E-state index contributed by atoms with van der Waals surface area (Å²) in [4.78, 5) is 2.36. The van der Waals surface area contributed by atoms with Crippen LogP contribution in [0.3, 0.4) is 0 Å². The van der Waals surface area contributed by atoms with E-state index in [-0.39, 0.29) is 0 Å². The van der Waals surface area contributed by atoms with E-state index in [2.05, 4.69) is 59.1 Å². The van der Waals surface area contributed by atoms with Gasteiger partial charge in [-0.2, -0.15) is 0 Å². The SMILES string of the molecule is CCCCC(CN)N(C)Cc1ccc(Br)cc1. The van der Waals surface area contributed by atoms with Gasteiger partial charge >= 0.3 is 0 Å². The summed E-state index contributed by atoms with van der Waals surface area (Å²) in [6.07, 6.45) is 3.69. The largest absolute Gasteiger partial charge is 0.329 e. The molecule has 3 heteroatoms. The molecule has 0 fully saturated rings. The number of hydrogen-bond acceptors (Lipinski definition) is 2. The predicted octanol–water partition coefficient (Wildman–Crippen LogP) is 3.40. The Morgan fingerprint density at radius 3 is 2.47 bits per heavy atom. The van der Waals surface area contributed by atoms with Gasteiger partial charge in [-0.3, -0.25) is 4.90 Å². The van der Waals surface area contributed by atoms with Gasteiger partial charge < -0.3 is 5.73 Å². The monoisotopic (exact) mass is 298 g/mol. The summed E-state index contributed by atoms with van der Waals surface area (Å²) >= 11 is 3.45. The normalized spacial score (nSPS) is 13.0. The molecular formula is C14H23BrN2. The van der Waals surface area contributed by atoms with Crippen molar-refractivity contribution in [3.8, 4) is 0 Å². The first-order chi connectivity index (χ1) is 8.17.